The van der Waals surface area contributed by atoms with Crippen molar-refractivity contribution in [1.29, 1.82) is 0 Å². The van der Waals surface area contributed by atoms with Gasteiger partial charge in [0.15, 0.2) is 10.1 Å². The van der Waals surface area contributed by atoms with Crippen LogP contribution in [0, 0.1) is 17.8 Å². The molecule has 2 saturated carbocycles. The quantitative estimate of drug-likeness (QED) is 0.549. The van der Waals surface area contributed by atoms with E-state index in [2.05, 4.69) is 0 Å². The van der Waals surface area contributed by atoms with Gasteiger partial charge in [0.2, 0.25) is 0 Å². The average molecular weight is 291 g/mol. The second-order valence-electron chi connectivity index (χ2n) is 5.59. The fourth-order valence-electron chi connectivity index (χ4n) is 3.47. The molecule has 4 heteroatoms. The fourth-order valence-corrected chi connectivity index (χ4v) is 4.41. The third-order valence-electron chi connectivity index (χ3n) is 4.55. The Bertz CT molecular complexity index is 352. The van der Waals surface area contributed by atoms with E-state index in [-0.39, 0.29) is 17.6 Å². The lowest BCUT2D eigenvalue weighted by Crippen LogP contribution is -2.55. The van der Waals surface area contributed by atoms with Crippen LogP contribution in [-0.4, -0.2) is 15.9 Å². The van der Waals surface area contributed by atoms with Crippen molar-refractivity contribution in [1.82, 2.24) is 0 Å². The maximum absolute atomic E-state index is 11.7. The molecular formula is C14H20Cl2O2. The van der Waals surface area contributed by atoms with Gasteiger partial charge in [-0.3, -0.25) is 9.59 Å². The van der Waals surface area contributed by atoms with Crippen molar-refractivity contribution < 1.29 is 9.59 Å². The molecule has 0 amide bonds. The molecule has 2 rings (SSSR count). The lowest BCUT2D eigenvalue weighted by atomic mass is 9.69. The molecule has 0 aromatic heterocycles. The zero-order valence-corrected chi connectivity index (χ0v) is 12.3. The Labute approximate surface area is 118 Å². The highest BCUT2D eigenvalue weighted by atomic mass is 35.5. The third-order valence-corrected chi connectivity index (χ3v) is 5.43. The first-order chi connectivity index (χ1) is 8.48. The molecule has 0 radical (unpaired) electrons. The van der Waals surface area contributed by atoms with E-state index in [0.717, 1.165) is 32.1 Å². The first-order valence-corrected chi connectivity index (χ1v) is 7.68. The molecule has 2 aliphatic carbocycles. The molecule has 0 bridgehead atoms. The monoisotopic (exact) mass is 290 g/mol. The maximum atomic E-state index is 11.7. The summed E-state index contributed by atoms with van der Waals surface area (Å²) in [6.07, 6.45) is 6.36. The van der Waals surface area contributed by atoms with Gasteiger partial charge in [0.1, 0.15) is 5.78 Å². The standard InChI is InChI=1S/C14H20Cl2O2/c1-2-10(17)6-4-3-5-9-7-8-11-12(9)14(15,16)13(11)18/h9,11-12H,2-8H2,1H3. The minimum atomic E-state index is -1.12. The molecular weight excluding hydrogens is 271 g/mol. The Balaban J connectivity index is 1.75. The average Bonchev–Trinajstić information content (AvgIpc) is 2.75. The van der Waals surface area contributed by atoms with Gasteiger partial charge in [0.05, 0.1) is 0 Å². The van der Waals surface area contributed by atoms with Gasteiger partial charge in [0.25, 0.3) is 0 Å². The number of carbonyl (C=O) groups is 2. The molecule has 18 heavy (non-hydrogen) atoms. The highest BCUT2D eigenvalue weighted by molar-refractivity contribution is 6.60. The first-order valence-electron chi connectivity index (χ1n) is 6.92. The zero-order chi connectivity index (χ0) is 13.3. The van der Waals surface area contributed by atoms with Crippen molar-refractivity contribution in [2.45, 2.75) is 56.2 Å². The minimum Gasteiger partial charge on any atom is -0.300 e. The molecule has 0 aromatic rings. The lowest BCUT2D eigenvalue weighted by molar-refractivity contribution is -0.135. The molecule has 3 atom stereocenters. The van der Waals surface area contributed by atoms with Gasteiger partial charge in [-0.25, -0.2) is 0 Å². The van der Waals surface area contributed by atoms with E-state index in [4.69, 9.17) is 23.2 Å². The maximum Gasteiger partial charge on any atom is 0.179 e. The number of carbonyl (C=O) groups excluding carboxylic acids is 2. The number of rotatable bonds is 6. The Hall–Kier alpha value is -0.0800. The van der Waals surface area contributed by atoms with Gasteiger partial charge in [0, 0.05) is 24.7 Å². The van der Waals surface area contributed by atoms with Gasteiger partial charge in [-0.15, -0.1) is 0 Å². The van der Waals surface area contributed by atoms with Crippen LogP contribution in [0.25, 0.3) is 0 Å². The van der Waals surface area contributed by atoms with E-state index >= 15 is 0 Å². The summed E-state index contributed by atoms with van der Waals surface area (Å²) in [5, 5.41) is 0. The first kappa shape index (κ1) is 14.3. The van der Waals surface area contributed by atoms with Gasteiger partial charge < -0.3 is 0 Å². The van der Waals surface area contributed by atoms with Crippen molar-refractivity contribution in [3.05, 3.63) is 0 Å². The van der Waals surface area contributed by atoms with Crippen LogP contribution in [0.1, 0.15) is 51.9 Å². The molecule has 2 fully saturated rings. The molecule has 102 valence electrons. The largest absolute Gasteiger partial charge is 0.300 e. The number of halogens is 2. The predicted octanol–water partition coefficient (Wildman–Crippen LogP) is 3.92. The van der Waals surface area contributed by atoms with Gasteiger partial charge >= 0.3 is 0 Å². The smallest absolute Gasteiger partial charge is 0.179 e. The topological polar surface area (TPSA) is 34.1 Å². The van der Waals surface area contributed by atoms with Gasteiger partial charge in [-0.05, 0) is 25.2 Å². The number of hydrogen-bond acceptors (Lipinski definition) is 2. The summed E-state index contributed by atoms with van der Waals surface area (Å²) in [5.41, 5.74) is 0. The molecule has 0 spiro atoms. The lowest BCUT2D eigenvalue weighted by Gasteiger charge is -2.44. The number of hydrogen-bond donors (Lipinski definition) is 0. The SMILES string of the molecule is CCC(=O)CCCCC1CCC2C(=O)C(Cl)(Cl)C12. The molecule has 2 aliphatic rings. The van der Waals surface area contributed by atoms with Crippen LogP contribution in [0.5, 0.6) is 0 Å². The van der Waals surface area contributed by atoms with Crippen molar-refractivity contribution >= 4 is 34.8 Å². The fraction of sp³-hybridized carbons (Fsp3) is 0.857. The predicted molar refractivity (Wildman–Crippen MR) is 72.9 cm³/mol. The van der Waals surface area contributed by atoms with Crippen LogP contribution in [0.2, 0.25) is 0 Å². The van der Waals surface area contributed by atoms with Gasteiger partial charge in [-0.1, -0.05) is 43.0 Å². The minimum absolute atomic E-state index is 0.0273. The summed E-state index contributed by atoms with van der Waals surface area (Å²) in [6.45, 7) is 1.90. The molecule has 2 nitrogen and oxygen atoms in total. The number of unbranched alkanes of at least 4 members (excludes halogenated alkanes) is 1. The van der Waals surface area contributed by atoms with Gasteiger partial charge in [-0.2, -0.15) is 0 Å². The highest BCUT2D eigenvalue weighted by Crippen LogP contribution is 2.60. The number of fused-ring (bicyclic) bond motifs is 1. The zero-order valence-electron chi connectivity index (χ0n) is 10.8. The van der Waals surface area contributed by atoms with Crippen LogP contribution in [0.3, 0.4) is 0 Å². The normalized spacial score (nSPS) is 33.1. The van der Waals surface area contributed by atoms with Crippen LogP contribution in [0.15, 0.2) is 0 Å². The summed E-state index contributed by atoms with van der Waals surface area (Å²) in [6, 6.07) is 0. The molecule has 0 heterocycles. The molecule has 0 N–H and O–H groups in total. The van der Waals surface area contributed by atoms with E-state index in [1.165, 1.54) is 0 Å². The van der Waals surface area contributed by atoms with Crippen LogP contribution >= 0.6 is 23.2 Å². The van der Waals surface area contributed by atoms with E-state index in [9.17, 15) is 9.59 Å². The summed E-state index contributed by atoms with van der Waals surface area (Å²) in [4.78, 5) is 22.9. The summed E-state index contributed by atoms with van der Waals surface area (Å²) >= 11 is 12.2. The Morgan fingerprint density at radius 2 is 2.06 bits per heavy atom. The van der Waals surface area contributed by atoms with E-state index in [0.29, 0.717) is 24.5 Å². The third kappa shape index (κ3) is 2.46. The number of alkyl halides is 2. The van der Waals surface area contributed by atoms with Crippen LogP contribution in [-0.2, 0) is 9.59 Å². The van der Waals surface area contributed by atoms with E-state index in [1.54, 1.807) is 0 Å². The summed E-state index contributed by atoms with van der Waals surface area (Å²) in [5.74, 6) is 1.11. The molecule has 0 aliphatic heterocycles. The van der Waals surface area contributed by atoms with E-state index < -0.39 is 4.33 Å². The Kier molecular flexibility index (Phi) is 4.38. The number of ketones is 2. The number of Topliss-reactive ketones (excluding diaryl/α,β-unsaturated/α-hetero) is 2. The Morgan fingerprint density at radius 1 is 1.33 bits per heavy atom. The van der Waals surface area contributed by atoms with Crippen LogP contribution in [0.4, 0.5) is 0 Å². The van der Waals surface area contributed by atoms with Crippen molar-refractivity contribution in [3.63, 3.8) is 0 Å². The highest BCUT2D eigenvalue weighted by Gasteiger charge is 2.64. The van der Waals surface area contributed by atoms with E-state index in [1.807, 2.05) is 6.92 Å². The second-order valence-corrected chi connectivity index (χ2v) is 6.98. The van der Waals surface area contributed by atoms with Crippen molar-refractivity contribution in [2.24, 2.45) is 17.8 Å². The second kappa shape index (κ2) is 5.50. The summed E-state index contributed by atoms with van der Waals surface area (Å²) in [7, 11) is 0. The molecule has 3 unspecified atom stereocenters. The van der Waals surface area contributed by atoms with Crippen molar-refractivity contribution in [2.75, 3.05) is 0 Å². The summed E-state index contributed by atoms with van der Waals surface area (Å²) < 4.78 is -1.12. The van der Waals surface area contributed by atoms with Crippen LogP contribution < -0.4 is 0 Å². The molecule has 0 saturated heterocycles. The van der Waals surface area contributed by atoms with Crippen molar-refractivity contribution in [3.8, 4) is 0 Å². The molecule has 0 aromatic carbocycles. The Morgan fingerprint density at radius 3 is 2.72 bits per heavy atom.